The zero-order chi connectivity index (χ0) is 16.4. The lowest BCUT2D eigenvalue weighted by molar-refractivity contribution is 0.0937. The molecule has 0 spiro atoms. The van der Waals surface area contributed by atoms with E-state index in [0.717, 1.165) is 22.7 Å². The number of nitrogens with one attached hydrogen (secondary N) is 1. The van der Waals surface area contributed by atoms with E-state index in [1.54, 1.807) is 11.3 Å². The fourth-order valence-electron chi connectivity index (χ4n) is 3.53. The summed E-state index contributed by atoms with van der Waals surface area (Å²) in [6, 6.07) is 14.8. The molecule has 1 aliphatic carbocycles. The van der Waals surface area contributed by atoms with E-state index in [4.69, 9.17) is 0 Å². The SMILES string of the molecule is O=C(NC1CCCCCC1)c1ccc(-n2ccc3ccccc32)s1. The molecule has 4 rings (SSSR count). The van der Waals surface area contributed by atoms with Crippen molar-refractivity contribution in [3.8, 4) is 5.00 Å². The van der Waals surface area contributed by atoms with Gasteiger partial charge in [-0.2, -0.15) is 0 Å². The number of nitrogens with zero attached hydrogens (tertiary/aromatic N) is 1. The Balaban J connectivity index is 1.52. The molecule has 1 fully saturated rings. The molecule has 1 aliphatic rings. The van der Waals surface area contributed by atoms with Gasteiger partial charge in [0.2, 0.25) is 0 Å². The van der Waals surface area contributed by atoms with E-state index in [0.29, 0.717) is 6.04 Å². The van der Waals surface area contributed by atoms with Crippen molar-refractivity contribution in [2.24, 2.45) is 0 Å². The topological polar surface area (TPSA) is 34.0 Å². The average Bonchev–Trinajstić information content (AvgIpc) is 3.17. The number of benzene rings is 1. The third-order valence-corrected chi connectivity index (χ3v) is 5.93. The first-order valence-electron chi connectivity index (χ1n) is 8.78. The lowest BCUT2D eigenvalue weighted by atomic mass is 10.1. The summed E-state index contributed by atoms with van der Waals surface area (Å²) < 4.78 is 2.16. The third kappa shape index (κ3) is 3.11. The quantitative estimate of drug-likeness (QED) is 0.659. The fourth-order valence-corrected chi connectivity index (χ4v) is 4.44. The van der Waals surface area contributed by atoms with Crippen molar-refractivity contribution in [2.45, 2.75) is 44.6 Å². The van der Waals surface area contributed by atoms with E-state index < -0.39 is 0 Å². The fraction of sp³-hybridized carbons (Fsp3) is 0.350. The molecule has 0 radical (unpaired) electrons. The molecule has 1 aromatic carbocycles. The first kappa shape index (κ1) is 15.5. The zero-order valence-corrected chi connectivity index (χ0v) is 14.5. The van der Waals surface area contributed by atoms with Crippen molar-refractivity contribution in [3.63, 3.8) is 0 Å². The Labute approximate surface area is 146 Å². The highest BCUT2D eigenvalue weighted by atomic mass is 32.1. The lowest BCUT2D eigenvalue weighted by Gasteiger charge is -2.15. The number of hydrogen-bond donors (Lipinski definition) is 1. The molecule has 0 saturated heterocycles. The second-order valence-electron chi connectivity index (χ2n) is 6.54. The van der Waals surface area contributed by atoms with E-state index in [2.05, 4.69) is 34.3 Å². The number of hydrogen-bond acceptors (Lipinski definition) is 2. The minimum absolute atomic E-state index is 0.0783. The highest BCUT2D eigenvalue weighted by molar-refractivity contribution is 7.16. The summed E-state index contributed by atoms with van der Waals surface area (Å²) in [4.78, 5) is 13.4. The van der Waals surface area contributed by atoms with Crippen LogP contribution in [0.5, 0.6) is 0 Å². The Hall–Kier alpha value is -2.07. The van der Waals surface area contributed by atoms with Crippen molar-refractivity contribution in [1.82, 2.24) is 9.88 Å². The molecule has 0 atom stereocenters. The van der Waals surface area contributed by atoms with Gasteiger partial charge in [-0.1, -0.05) is 43.9 Å². The highest BCUT2D eigenvalue weighted by Gasteiger charge is 2.17. The van der Waals surface area contributed by atoms with E-state index in [9.17, 15) is 4.79 Å². The molecule has 3 aromatic rings. The largest absolute Gasteiger partial charge is 0.349 e. The normalized spacial score (nSPS) is 16.2. The van der Waals surface area contributed by atoms with E-state index >= 15 is 0 Å². The smallest absolute Gasteiger partial charge is 0.261 e. The summed E-state index contributed by atoms with van der Waals surface area (Å²) in [5, 5.41) is 5.54. The standard InChI is InChI=1S/C20H22N2OS/c23-20(21-16-8-3-1-2-4-9-16)18-11-12-19(24-18)22-14-13-15-7-5-6-10-17(15)22/h5-7,10-14,16H,1-4,8-9H2,(H,21,23). The summed E-state index contributed by atoms with van der Waals surface area (Å²) in [6.45, 7) is 0. The van der Waals surface area contributed by atoms with Crippen LogP contribution in [0.15, 0.2) is 48.7 Å². The molecule has 3 nitrogen and oxygen atoms in total. The third-order valence-electron chi connectivity index (χ3n) is 4.84. The number of carbonyl (C=O) groups excluding carboxylic acids is 1. The van der Waals surface area contributed by atoms with Gasteiger partial charge in [0, 0.05) is 12.2 Å². The van der Waals surface area contributed by atoms with Crippen LogP contribution in [0.2, 0.25) is 0 Å². The molecule has 24 heavy (non-hydrogen) atoms. The minimum atomic E-state index is 0.0783. The minimum Gasteiger partial charge on any atom is -0.349 e. The average molecular weight is 338 g/mol. The van der Waals surface area contributed by atoms with Crippen LogP contribution < -0.4 is 5.32 Å². The zero-order valence-electron chi connectivity index (χ0n) is 13.7. The van der Waals surface area contributed by atoms with Crippen molar-refractivity contribution < 1.29 is 4.79 Å². The van der Waals surface area contributed by atoms with Gasteiger partial charge in [-0.15, -0.1) is 11.3 Å². The number of carbonyl (C=O) groups is 1. The Morgan fingerprint density at radius 3 is 2.62 bits per heavy atom. The number of para-hydroxylation sites is 1. The van der Waals surface area contributed by atoms with Crippen LogP contribution in [0, 0.1) is 0 Å². The van der Waals surface area contributed by atoms with Crippen LogP contribution in [0.1, 0.15) is 48.2 Å². The molecule has 0 unspecified atom stereocenters. The van der Waals surface area contributed by atoms with Crippen LogP contribution in [0.3, 0.4) is 0 Å². The maximum absolute atomic E-state index is 12.6. The Morgan fingerprint density at radius 1 is 1.00 bits per heavy atom. The van der Waals surface area contributed by atoms with Crippen LogP contribution in [-0.2, 0) is 0 Å². The van der Waals surface area contributed by atoms with Gasteiger partial charge in [0.05, 0.1) is 10.4 Å². The predicted octanol–water partition coefficient (Wildman–Crippen LogP) is 5.14. The first-order chi connectivity index (χ1) is 11.8. The van der Waals surface area contributed by atoms with E-state index in [1.807, 2.05) is 24.3 Å². The summed E-state index contributed by atoms with van der Waals surface area (Å²) in [5.74, 6) is 0.0783. The van der Waals surface area contributed by atoms with E-state index in [1.165, 1.54) is 36.6 Å². The summed E-state index contributed by atoms with van der Waals surface area (Å²) >= 11 is 1.56. The molecule has 1 saturated carbocycles. The number of aromatic nitrogens is 1. The second-order valence-corrected chi connectivity index (χ2v) is 7.61. The van der Waals surface area contributed by atoms with Gasteiger partial charge in [0.1, 0.15) is 5.00 Å². The van der Waals surface area contributed by atoms with Crippen molar-refractivity contribution in [1.29, 1.82) is 0 Å². The number of amides is 1. The van der Waals surface area contributed by atoms with Gasteiger partial charge >= 0.3 is 0 Å². The van der Waals surface area contributed by atoms with E-state index in [-0.39, 0.29) is 5.91 Å². The number of fused-ring (bicyclic) bond motifs is 1. The Morgan fingerprint density at radius 2 is 1.79 bits per heavy atom. The van der Waals surface area contributed by atoms with Crippen molar-refractivity contribution >= 4 is 28.1 Å². The van der Waals surface area contributed by atoms with Crippen LogP contribution in [-0.4, -0.2) is 16.5 Å². The number of thiophene rings is 1. The lowest BCUT2D eigenvalue weighted by Crippen LogP contribution is -2.33. The van der Waals surface area contributed by atoms with Gasteiger partial charge in [-0.25, -0.2) is 0 Å². The molecule has 0 bridgehead atoms. The molecular weight excluding hydrogens is 316 g/mol. The first-order valence-corrected chi connectivity index (χ1v) is 9.60. The maximum Gasteiger partial charge on any atom is 0.261 e. The Bertz CT molecular complexity index is 840. The Kier molecular flexibility index (Phi) is 4.39. The van der Waals surface area contributed by atoms with Crippen molar-refractivity contribution in [2.75, 3.05) is 0 Å². The molecule has 1 N–H and O–H groups in total. The van der Waals surface area contributed by atoms with Crippen molar-refractivity contribution in [3.05, 3.63) is 53.5 Å². The monoisotopic (exact) mass is 338 g/mol. The van der Waals surface area contributed by atoms with Gasteiger partial charge in [-0.05, 0) is 42.5 Å². The van der Waals surface area contributed by atoms with Crippen LogP contribution in [0.25, 0.3) is 15.9 Å². The summed E-state index contributed by atoms with van der Waals surface area (Å²) in [7, 11) is 0. The molecule has 2 heterocycles. The van der Waals surface area contributed by atoms with Crippen LogP contribution in [0.4, 0.5) is 0 Å². The molecular formula is C20H22N2OS. The van der Waals surface area contributed by atoms with Gasteiger partial charge in [-0.3, -0.25) is 4.79 Å². The number of rotatable bonds is 3. The van der Waals surface area contributed by atoms with Gasteiger partial charge in [0.15, 0.2) is 0 Å². The van der Waals surface area contributed by atoms with Crippen LogP contribution >= 0.6 is 11.3 Å². The second kappa shape index (κ2) is 6.81. The highest BCUT2D eigenvalue weighted by Crippen LogP contribution is 2.26. The summed E-state index contributed by atoms with van der Waals surface area (Å²) in [5.41, 5.74) is 1.18. The molecule has 0 aliphatic heterocycles. The maximum atomic E-state index is 12.6. The molecule has 2 aromatic heterocycles. The van der Waals surface area contributed by atoms with Gasteiger partial charge < -0.3 is 9.88 Å². The van der Waals surface area contributed by atoms with Gasteiger partial charge in [0.25, 0.3) is 5.91 Å². The molecule has 124 valence electrons. The predicted molar refractivity (Wildman–Crippen MR) is 100 cm³/mol. The molecule has 4 heteroatoms. The molecule has 1 amide bonds. The summed E-state index contributed by atoms with van der Waals surface area (Å²) in [6.07, 6.45) is 9.38.